The van der Waals surface area contributed by atoms with Crippen LogP contribution in [0.1, 0.15) is 27.9 Å². The molecule has 0 aromatic carbocycles. The van der Waals surface area contributed by atoms with Gasteiger partial charge in [-0.05, 0) is 39.3 Å². The molecular formula is C13H20N4O2S2. The van der Waals surface area contributed by atoms with Gasteiger partial charge >= 0.3 is 0 Å². The second kappa shape index (κ2) is 6.27. The fourth-order valence-corrected chi connectivity index (χ4v) is 4.62. The molecule has 2 heterocycles. The third kappa shape index (κ3) is 3.70. The van der Waals surface area contributed by atoms with Gasteiger partial charge in [0.2, 0.25) is 0 Å². The lowest BCUT2D eigenvalue weighted by Crippen LogP contribution is -2.34. The Kier molecular flexibility index (Phi) is 4.82. The summed E-state index contributed by atoms with van der Waals surface area (Å²) >= 11 is 1.67. The van der Waals surface area contributed by atoms with E-state index in [-0.39, 0.29) is 17.6 Å². The van der Waals surface area contributed by atoms with Crippen molar-refractivity contribution >= 4 is 21.4 Å². The molecule has 116 valence electrons. The first-order valence-corrected chi connectivity index (χ1v) is 8.95. The van der Waals surface area contributed by atoms with Crippen LogP contribution in [-0.4, -0.2) is 24.7 Å². The predicted octanol–water partition coefficient (Wildman–Crippen LogP) is 1.46. The van der Waals surface area contributed by atoms with Crippen LogP contribution in [0.5, 0.6) is 0 Å². The molecule has 0 saturated heterocycles. The van der Waals surface area contributed by atoms with Crippen LogP contribution in [0.4, 0.5) is 0 Å². The Bertz CT molecular complexity index is 718. The number of hydrogen-bond donors (Lipinski definition) is 3. The van der Waals surface area contributed by atoms with Crippen LogP contribution in [0.15, 0.2) is 17.2 Å². The maximum Gasteiger partial charge on any atom is 0.260 e. The zero-order valence-corrected chi connectivity index (χ0v) is 13.9. The molecule has 2 aromatic heterocycles. The van der Waals surface area contributed by atoms with Crippen molar-refractivity contribution in [3.05, 3.63) is 33.1 Å². The minimum atomic E-state index is -3.66. The predicted molar refractivity (Wildman–Crippen MR) is 83.8 cm³/mol. The lowest BCUT2D eigenvalue weighted by molar-refractivity contribution is 0.555. The van der Waals surface area contributed by atoms with Crippen molar-refractivity contribution in [3.8, 4) is 0 Å². The highest BCUT2D eigenvalue weighted by atomic mass is 32.2. The Morgan fingerprint density at radius 2 is 2.14 bits per heavy atom. The number of nitrogens with two attached hydrogens (primary N) is 1. The second-order valence-electron chi connectivity index (χ2n) is 5.08. The zero-order chi connectivity index (χ0) is 15.6. The maximum atomic E-state index is 12.4. The molecule has 0 fully saturated rings. The molecule has 1 unspecified atom stereocenters. The Morgan fingerprint density at radius 3 is 2.71 bits per heavy atom. The largest absolute Gasteiger partial charge is 0.326 e. The summed E-state index contributed by atoms with van der Waals surface area (Å²) in [5, 5.41) is 6.54. The van der Waals surface area contributed by atoms with E-state index in [1.165, 1.54) is 4.88 Å². The number of thiophene rings is 1. The zero-order valence-electron chi connectivity index (χ0n) is 12.3. The summed E-state index contributed by atoms with van der Waals surface area (Å²) in [4.78, 5) is 2.37. The number of sulfonamides is 1. The fourth-order valence-electron chi connectivity index (χ4n) is 2.15. The minimum Gasteiger partial charge on any atom is -0.326 e. The summed E-state index contributed by atoms with van der Waals surface area (Å²) in [6, 6.07) is 3.84. The molecule has 4 N–H and O–H groups in total. The van der Waals surface area contributed by atoms with Gasteiger partial charge < -0.3 is 5.73 Å². The van der Waals surface area contributed by atoms with Crippen molar-refractivity contribution in [1.82, 2.24) is 14.9 Å². The number of nitrogens with one attached hydrogen (secondary N) is 2. The van der Waals surface area contributed by atoms with Gasteiger partial charge in [-0.2, -0.15) is 5.10 Å². The number of aromatic amines is 1. The second-order valence-corrected chi connectivity index (χ2v) is 8.08. The van der Waals surface area contributed by atoms with E-state index >= 15 is 0 Å². The molecule has 0 aliphatic heterocycles. The van der Waals surface area contributed by atoms with Crippen molar-refractivity contribution in [2.45, 2.75) is 44.8 Å². The van der Waals surface area contributed by atoms with E-state index in [4.69, 9.17) is 5.73 Å². The van der Waals surface area contributed by atoms with E-state index in [0.717, 1.165) is 4.88 Å². The van der Waals surface area contributed by atoms with Crippen LogP contribution in [-0.2, 0) is 23.0 Å². The van der Waals surface area contributed by atoms with Gasteiger partial charge in [-0.3, -0.25) is 5.10 Å². The molecular weight excluding hydrogens is 308 g/mol. The highest BCUT2D eigenvalue weighted by Crippen LogP contribution is 2.19. The van der Waals surface area contributed by atoms with E-state index in [1.54, 1.807) is 18.3 Å². The van der Waals surface area contributed by atoms with Crippen LogP contribution in [0, 0.1) is 13.8 Å². The van der Waals surface area contributed by atoms with E-state index in [9.17, 15) is 8.42 Å². The monoisotopic (exact) mass is 328 g/mol. The van der Waals surface area contributed by atoms with Gasteiger partial charge in [0.05, 0.1) is 0 Å². The third-order valence-corrected chi connectivity index (χ3v) is 5.74. The van der Waals surface area contributed by atoms with Crippen molar-refractivity contribution in [2.24, 2.45) is 5.73 Å². The molecule has 0 aliphatic carbocycles. The summed E-state index contributed by atoms with van der Waals surface area (Å²) in [6.45, 7) is 5.76. The van der Waals surface area contributed by atoms with E-state index < -0.39 is 10.0 Å². The molecule has 0 amide bonds. The van der Waals surface area contributed by atoms with Gasteiger partial charge in [0.15, 0.2) is 5.03 Å². The maximum absolute atomic E-state index is 12.4. The molecule has 2 aromatic rings. The molecule has 2 rings (SSSR count). The van der Waals surface area contributed by atoms with Crippen LogP contribution in [0.3, 0.4) is 0 Å². The van der Waals surface area contributed by atoms with Gasteiger partial charge in [-0.1, -0.05) is 0 Å². The van der Waals surface area contributed by atoms with E-state index in [1.807, 2.05) is 26.0 Å². The molecule has 0 aliphatic rings. The van der Waals surface area contributed by atoms with Gasteiger partial charge in [-0.15, -0.1) is 11.3 Å². The third-order valence-electron chi connectivity index (χ3n) is 3.15. The molecule has 8 heteroatoms. The molecule has 0 bridgehead atoms. The quantitative estimate of drug-likeness (QED) is 0.747. The first kappa shape index (κ1) is 16.2. The van der Waals surface area contributed by atoms with Crippen LogP contribution >= 0.6 is 11.3 Å². The normalized spacial score (nSPS) is 13.5. The number of aromatic nitrogens is 2. The van der Waals surface area contributed by atoms with E-state index in [0.29, 0.717) is 17.7 Å². The SMILES string of the molecule is Cc1ccc(CC(C)NS(=O)(=O)c2n[nH]c(C)c2CN)s1. The number of H-pyrrole nitrogens is 1. The van der Waals surface area contributed by atoms with E-state index in [2.05, 4.69) is 14.9 Å². The van der Waals surface area contributed by atoms with Crippen molar-refractivity contribution in [2.75, 3.05) is 0 Å². The summed E-state index contributed by atoms with van der Waals surface area (Å²) in [5.74, 6) is 0. The molecule has 0 saturated carbocycles. The lowest BCUT2D eigenvalue weighted by Gasteiger charge is -2.12. The molecule has 0 spiro atoms. The number of aryl methyl sites for hydroxylation is 2. The topological polar surface area (TPSA) is 101 Å². The van der Waals surface area contributed by atoms with Gasteiger partial charge in [0.1, 0.15) is 0 Å². The Hall–Kier alpha value is -1.22. The Balaban J connectivity index is 2.13. The standard InChI is InChI=1S/C13H20N4O2S2/c1-8(6-11-5-4-9(2)20-11)17-21(18,19)13-12(7-14)10(3)15-16-13/h4-5,8,17H,6-7,14H2,1-3H3,(H,15,16). The number of nitrogens with zero attached hydrogens (tertiary/aromatic N) is 1. The minimum absolute atomic E-state index is 0.00305. The Labute approximate surface area is 128 Å². The molecule has 6 nitrogen and oxygen atoms in total. The van der Waals surface area contributed by atoms with Crippen molar-refractivity contribution < 1.29 is 8.42 Å². The van der Waals surface area contributed by atoms with Crippen LogP contribution in [0.25, 0.3) is 0 Å². The van der Waals surface area contributed by atoms with Crippen molar-refractivity contribution in [1.29, 1.82) is 0 Å². The average Bonchev–Trinajstić information content (AvgIpc) is 2.94. The number of rotatable bonds is 6. The number of hydrogen-bond acceptors (Lipinski definition) is 5. The highest BCUT2D eigenvalue weighted by Gasteiger charge is 2.25. The molecule has 21 heavy (non-hydrogen) atoms. The first-order chi connectivity index (χ1) is 9.83. The molecule has 1 atom stereocenters. The van der Waals surface area contributed by atoms with Gasteiger partial charge in [0, 0.05) is 33.6 Å². The van der Waals surface area contributed by atoms with Crippen LogP contribution < -0.4 is 10.5 Å². The first-order valence-electron chi connectivity index (χ1n) is 6.65. The summed E-state index contributed by atoms with van der Waals surface area (Å²) < 4.78 is 27.4. The smallest absolute Gasteiger partial charge is 0.260 e. The lowest BCUT2D eigenvalue weighted by atomic mass is 10.2. The highest BCUT2D eigenvalue weighted by molar-refractivity contribution is 7.89. The Morgan fingerprint density at radius 1 is 1.43 bits per heavy atom. The van der Waals surface area contributed by atoms with Crippen molar-refractivity contribution in [3.63, 3.8) is 0 Å². The molecule has 0 radical (unpaired) electrons. The summed E-state index contributed by atoms with van der Waals surface area (Å²) in [7, 11) is -3.66. The summed E-state index contributed by atoms with van der Waals surface area (Å²) in [6.07, 6.45) is 0.652. The summed E-state index contributed by atoms with van der Waals surface area (Å²) in [5.41, 5.74) is 6.81. The fraction of sp³-hybridized carbons (Fsp3) is 0.462. The van der Waals surface area contributed by atoms with Crippen LogP contribution in [0.2, 0.25) is 0 Å². The van der Waals surface area contributed by atoms with Gasteiger partial charge in [0.25, 0.3) is 10.0 Å². The average molecular weight is 328 g/mol. The van der Waals surface area contributed by atoms with Gasteiger partial charge in [-0.25, -0.2) is 13.1 Å².